The van der Waals surface area contributed by atoms with Gasteiger partial charge in [-0.25, -0.2) is 9.78 Å². The van der Waals surface area contributed by atoms with Crippen LogP contribution in [0.25, 0.3) is 11.0 Å². The van der Waals surface area contributed by atoms with Gasteiger partial charge in [0.25, 0.3) is 0 Å². The number of methoxy groups -OCH3 is 1. The van der Waals surface area contributed by atoms with Crippen LogP contribution in [0.4, 0.5) is 10.7 Å². The standard InChI is InChI=1S/C9H7Br2N3O2/c1-16-9(15)14-8-12-6-2-4(10)5(11)3-7(6)13-8/h2-3H,1H3,(H2,12,13,14,15). The molecule has 0 bridgehead atoms. The average Bonchev–Trinajstić information content (AvgIpc) is 2.60. The number of nitrogens with one attached hydrogen (secondary N) is 2. The Bertz CT molecular complexity index is 514. The van der Waals surface area contributed by atoms with Crippen molar-refractivity contribution in [3.63, 3.8) is 0 Å². The molecule has 1 amide bonds. The normalized spacial score (nSPS) is 10.4. The molecule has 0 radical (unpaired) electrons. The molecule has 1 aromatic carbocycles. The third kappa shape index (κ3) is 2.19. The Morgan fingerprint density at radius 1 is 1.44 bits per heavy atom. The monoisotopic (exact) mass is 347 g/mol. The number of aromatic nitrogens is 2. The number of rotatable bonds is 1. The summed E-state index contributed by atoms with van der Waals surface area (Å²) in [6.45, 7) is 0. The van der Waals surface area contributed by atoms with Crippen molar-refractivity contribution in [1.29, 1.82) is 0 Å². The van der Waals surface area contributed by atoms with E-state index in [4.69, 9.17) is 0 Å². The molecule has 0 saturated heterocycles. The number of fused-ring (bicyclic) bond motifs is 1. The van der Waals surface area contributed by atoms with Crippen LogP contribution in [-0.4, -0.2) is 23.2 Å². The summed E-state index contributed by atoms with van der Waals surface area (Å²) in [7, 11) is 1.30. The zero-order valence-corrected chi connectivity index (χ0v) is 11.3. The molecule has 0 atom stereocenters. The maximum atomic E-state index is 11.0. The van der Waals surface area contributed by atoms with E-state index in [0.29, 0.717) is 5.95 Å². The largest absolute Gasteiger partial charge is 0.453 e. The minimum atomic E-state index is -0.558. The SMILES string of the molecule is COC(=O)Nc1nc2cc(Br)c(Br)cc2[nH]1. The zero-order chi connectivity index (χ0) is 11.7. The van der Waals surface area contributed by atoms with Crippen LogP contribution in [0.5, 0.6) is 0 Å². The molecule has 16 heavy (non-hydrogen) atoms. The highest BCUT2D eigenvalue weighted by Gasteiger charge is 2.08. The molecule has 0 aliphatic carbocycles. The molecule has 2 N–H and O–H groups in total. The zero-order valence-electron chi connectivity index (χ0n) is 8.17. The number of anilines is 1. The summed E-state index contributed by atoms with van der Waals surface area (Å²) in [5.41, 5.74) is 1.57. The number of benzene rings is 1. The van der Waals surface area contributed by atoms with Crippen molar-refractivity contribution in [1.82, 2.24) is 9.97 Å². The second-order valence-electron chi connectivity index (χ2n) is 2.99. The third-order valence-electron chi connectivity index (χ3n) is 1.93. The van der Waals surface area contributed by atoms with Crippen LogP contribution in [0, 0.1) is 0 Å². The van der Waals surface area contributed by atoms with Gasteiger partial charge in [0.15, 0.2) is 0 Å². The summed E-state index contributed by atoms with van der Waals surface area (Å²) in [5.74, 6) is 0.354. The first kappa shape index (κ1) is 11.4. The van der Waals surface area contributed by atoms with E-state index >= 15 is 0 Å². The van der Waals surface area contributed by atoms with Crippen LogP contribution >= 0.6 is 31.9 Å². The number of aromatic amines is 1. The first-order valence-corrected chi connectivity index (χ1v) is 5.88. The Kier molecular flexibility index (Phi) is 3.15. The number of ether oxygens (including phenoxy) is 1. The molecule has 5 nitrogen and oxygen atoms in total. The van der Waals surface area contributed by atoms with Crippen molar-refractivity contribution < 1.29 is 9.53 Å². The second kappa shape index (κ2) is 4.42. The maximum absolute atomic E-state index is 11.0. The minimum Gasteiger partial charge on any atom is -0.453 e. The highest BCUT2D eigenvalue weighted by molar-refractivity contribution is 9.13. The van der Waals surface area contributed by atoms with E-state index in [1.165, 1.54) is 7.11 Å². The predicted octanol–water partition coefficient (Wildman–Crippen LogP) is 3.27. The van der Waals surface area contributed by atoms with Gasteiger partial charge < -0.3 is 9.72 Å². The van der Waals surface area contributed by atoms with E-state index in [1.54, 1.807) is 0 Å². The van der Waals surface area contributed by atoms with Crippen molar-refractivity contribution in [3.8, 4) is 0 Å². The molecule has 2 aromatic rings. The molecule has 0 unspecified atom stereocenters. The van der Waals surface area contributed by atoms with Crippen LogP contribution in [0.3, 0.4) is 0 Å². The molecular formula is C9H7Br2N3O2. The molecule has 0 fully saturated rings. The number of carbonyl (C=O) groups excluding carboxylic acids is 1. The maximum Gasteiger partial charge on any atom is 0.413 e. The fourth-order valence-corrected chi connectivity index (χ4v) is 1.89. The smallest absolute Gasteiger partial charge is 0.413 e. The van der Waals surface area contributed by atoms with Gasteiger partial charge in [0, 0.05) is 8.95 Å². The summed E-state index contributed by atoms with van der Waals surface area (Å²) < 4.78 is 6.28. The third-order valence-corrected chi connectivity index (χ3v) is 3.77. The summed E-state index contributed by atoms with van der Waals surface area (Å²) >= 11 is 6.76. The van der Waals surface area contributed by atoms with Crippen LogP contribution in [0.2, 0.25) is 0 Å². The summed E-state index contributed by atoms with van der Waals surface area (Å²) in [4.78, 5) is 18.1. The van der Waals surface area contributed by atoms with Crippen molar-refractivity contribution in [2.45, 2.75) is 0 Å². The Labute approximate surface area is 108 Å². The molecule has 7 heteroatoms. The molecule has 0 aliphatic heterocycles. The fourth-order valence-electron chi connectivity index (χ4n) is 1.21. The number of carbonyl (C=O) groups is 1. The number of amides is 1. The highest BCUT2D eigenvalue weighted by atomic mass is 79.9. The van der Waals surface area contributed by atoms with E-state index in [-0.39, 0.29) is 0 Å². The number of halogens is 2. The van der Waals surface area contributed by atoms with Gasteiger partial charge in [0.05, 0.1) is 18.1 Å². The Balaban J connectivity index is 2.40. The fraction of sp³-hybridized carbons (Fsp3) is 0.111. The summed E-state index contributed by atoms with van der Waals surface area (Å²) in [6.07, 6.45) is -0.558. The van der Waals surface area contributed by atoms with Crippen LogP contribution in [0.15, 0.2) is 21.1 Å². The van der Waals surface area contributed by atoms with Crippen LogP contribution < -0.4 is 5.32 Å². The molecule has 2 rings (SSSR count). The second-order valence-corrected chi connectivity index (χ2v) is 4.69. The Morgan fingerprint density at radius 2 is 2.12 bits per heavy atom. The van der Waals surface area contributed by atoms with Crippen molar-refractivity contribution in [2.75, 3.05) is 12.4 Å². The van der Waals surface area contributed by atoms with Gasteiger partial charge in [-0.2, -0.15) is 0 Å². The molecule has 84 valence electrons. The lowest BCUT2D eigenvalue weighted by Gasteiger charge is -1.96. The molecular weight excluding hydrogens is 342 g/mol. The number of nitrogens with zero attached hydrogens (tertiary/aromatic N) is 1. The van der Waals surface area contributed by atoms with Gasteiger partial charge in [0.2, 0.25) is 5.95 Å². The van der Waals surface area contributed by atoms with Crippen LogP contribution in [0.1, 0.15) is 0 Å². The molecule has 1 heterocycles. The number of imidazole rings is 1. The van der Waals surface area contributed by atoms with E-state index < -0.39 is 6.09 Å². The van der Waals surface area contributed by atoms with Gasteiger partial charge in [0.1, 0.15) is 0 Å². The first-order chi connectivity index (χ1) is 7.60. The Morgan fingerprint density at radius 3 is 2.81 bits per heavy atom. The van der Waals surface area contributed by atoms with Gasteiger partial charge in [-0.15, -0.1) is 0 Å². The molecule has 0 aliphatic rings. The number of hydrogen-bond acceptors (Lipinski definition) is 3. The first-order valence-electron chi connectivity index (χ1n) is 4.30. The van der Waals surface area contributed by atoms with Gasteiger partial charge in [-0.05, 0) is 44.0 Å². The van der Waals surface area contributed by atoms with Crippen molar-refractivity contribution in [2.24, 2.45) is 0 Å². The van der Waals surface area contributed by atoms with E-state index in [2.05, 4.69) is 51.9 Å². The van der Waals surface area contributed by atoms with E-state index in [1.807, 2.05) is 12.1 Å². The minimum absolute atomic E-state index is 0.354. The van der Waals surface area contributed by atoms with Gasteiger partial charge in [-0.1, -0.05) is 0 Å². The van der Waals surface area contributed by atoms with Gasteiger partial charge in [-0.3, -0.25) is 5.32 Å². The molecule has 1 aromatic heterocycles. The molecule has 0 spiro atoms. The quantitative estimate of drug-likeness (QED) is 0.831. The van der Waals surface area contributed by atoms with E-state index in [0.717, 1.165) is 20.0 Å². The van der Waals surface area contributed by atoms with Gasteiger partial charge >= 0.3 is 6.09 Å². The predicted molar refractivity (Wildman–Crippen MR) is 67.5 cm³/mol. The lowest BCUT2D eigenvalue weighted by atomic mass is 10.3. The topological polar surface area (TPSA) is 67.0 Å². The van der Waals surface area contributed by atoms with Crippen LogP contribution in [-0.2, 0) is 4.74 Å². The lowest BCUT2D eigenvalue weighted by Crippen LogP contribution is -2.11. The number of hydrogen-bond donors (Lipinski definition) is 2. The molecule has 0 saturated carbocycles. The van der Waals surface area contributed by atoms with E-state index in [9.17, 15) is 4.79 Å². The summed E-state index contributed by atoms with van der Waals surface area (Å²) in [5, 5.41) is 2.46. The average molecular weight is 349 g/mol. The lowest BCUT2D eigenvalue weighted by molar-refractivity contribution is 0.186. The Hall–Kier alpha value is -1.08. The summed E-state index contributed by atoms with van der Waals surface area (Å²) in [6, 6.07) is 3.72. The van der Waals surface area contributed by atoms with Crippen molar-refractivity contribution in [3.05, 3.63) is 21.1 Å². The van der Waals surface area contributed by atoms with Crippen molar-refractivity contribution >= 4 is 54.9 Å². The number of H-pyrrole nitrogens is 1. The highest BCUT2D eigenvalue weighted by Crippen LogP contribution is 2.28.